The van der Waals surface area contributed by atoms with Crippen LogP contribution in [0, 0.1) is 6.92 Å². The van der Waals surface area contributed by atoms with E-state index in [4.69, 9.17) is 5.11 Å². The van der Waals surface area contributed by atoms with Crippen molar-refractivity contribution in [2.24, 2.45) is 0 Å². The van der Waals surface area contributed by atoms with Crippen molar-refractivity contribution in [2.45, 2.75) is 6.92 Å². The van der Waals surface area contributed by atoms with Crippen molar-refractivity contribution in [2.75, 3.05) is 0 Å². The van der Waals surface area contributed by atoms with Gasteiger partial charge in [0.25, 0.3) is 0 Å². The molecule has 0 aliphatic rings. The van der Waals surface area contributed by atoms with Gasteiger partial charge >= 0.3 is 5.97 Å². The van der Waals surface area contributed by atoms with E-state index in [0.29, 0.717) is 0 Å². The van der Waals surface area contributed by atoms with Crippen molar-refractivity contribution in [3.05, 3.63) is 44.6 Å². The minimum Gasteiger partial charge on any atom is -0.476 e. The molecule has 4 nitrogen and oxygen atoms in total. The Balaban J connectivity index is 2.56. The molecule has 2 aromatic rings. The zero-order chi connectivity index (χ0) is 12.6. The van der Waals surface area contributed by atoms with Crippen molar-refractivity contribution in [3.8, 4) is 5.69 Å². The maximum absolute atomic E-state index is 10.8. The van der Waals surface area contributed by atoms with E-state index < -0.39 is 5.97 Å². The van der Waals surface area contributed by atoms with Gasteiger partial charge in [0.2, 0.25) is 0 Å². The van der Waals surface area contributed by atoms with Crippen LogP contribution in [0.5, 0.6) is 0 Å². The molecule has 0 radical (unpaired) electrons. The summed E-state index contributed by atoms with van der Waals surface area (Å²) in [4.78, 5) is 10.8. The summed E-state index contributed by atoms with van der Waals surface area (Å²) in [6.45, 7) is 1.81. The van der Waals surface area contributed by atoms with E-state index in [1.807, 2.05) is 25.1 Å². The lowest BCUT2D eigenvalue weighted by Crippen LogP contribution is -2.02. The fourth-order valence-electron chi connectivity index (χ4n) is 1.48. The Labute approximate surface area is 115 Å². The van der Waals surface area contributed by atoms with Crippen molar-refractivity contribution in [1.82, 2.24) is 9.78 Å². The minimum atomic E-state index is -1.03. The molecule has 0 saturated heterocycles. The lowest BCUT2D eigenvalue weighted by molar-refractivity contribution is 0.0690. The minimum absolute atomic E-state index is 0.0392. The average molecular weight is 360 g/mol. The zero-order valence-electron chi connectivity index (χ0n) is 8.82. The Morgan fingerprint density at radius 3 is 2.59 bits per heavy atom. The molecule has 6 heteroatoms. The first-order valence-corrected chi connectivity index (χ1v) is 6.33. The van der Waals surface area contributed by atoms with Crippen LogP contribution in [0.3, 0.4) is 0 Å². The van der Waals surface area contributed by atoms with E-state index >= 15 is 0 Å². The van der Waals surface area contributed by atoms with Crippen LogP contribution in [0.25, 0.3) is 5.69 Å². The van der Waals surface area contributed by atoms with Gasteiger partial charge in [-0.25, -0.2) is 9.48 Å². The predicted molar refractivity (Wildman–Crippen MR) is 70.7 cm³/mol. The molecular weight excluding hydrogens is 352 g/mol. The van der Waals surface area contributed by atoms with Crippen LogP contribution in [-0.4, -0.2) is 20.9 Å². The first-order chi connectivity index (χ1) is 7.99. The quantitative estimate of drug-likeness (QED) is 0.893. The summed E-state index contributed by atoms with van der Waals surface area (Å²) >= 11 is 6.79. The van der Waals surface area contributed by atoms with Gasteiger partial charge in [-0.15, -0.1) is 0 Å². The molecule has 0 saturated carbocycles. The van der Waals surface area contributed by atoms with Gasteiger partial charge in [-0.3, -0.25) is 0 Å². The number of aromatic carboxylic acids is 1. The highest BCUT2D eigenvalue weighted by atomic mass is 79.9. The van der Waals surface area contributed by atoms with Crippen LogP contribution in [0.15, 0.2) is 33.2 Å². The second-order valence-electron chi connectivity index (χ2n) is 3.48. The van der Waals surface area contributed by atoms with Crippen molar-refractivity contribution < 1.29 is 9.90 Å². The lowest BCUT2D eigenvalue weighted by Gasteiger charge is -2.06. The third kappa shape index (κ3) is 2.42. The van der Waals surface area contributed by atoms with E-state index in [-0.39, 0.29) is 5.69 Å². The molecular formula is C11H8Br2N2O2. The number of nitrogens with zero attached hydrogens (tertiary/aromatic N) is 2. The summed E-state index contributed by atoms with van der Waals surface area (Å²) in [6.07, 6.45) is 0. The number of carboxylic acid groups (broad SMARTS) is 1. The van der Waals surface area contributed by atoms with Gasteiger partial charge in [0, 0.05) is 14.6 Å². The average Bonchev–Trinajstić information content (AvgIpc) is 2.61. The van der Waals surface area contributed by atoms with E-state index in [1.54, 1.807) is 4.68 Å². The van der Waals surface area contributed by atoms with Gasteiger partial charge in [0.15, 0.2) is 5.69 Å². The first kappa shape index (κ1) is 12.3. The highest BCUT2D eigenvalue weighted by Crippen LogP contribution is 2.25. The zero-order valence-corrected chi connectivity index (χ0v) is 12.0. The topological polar surface area (TPSA) is 55.1 Å². The molecule has 0 aliphatic heterocycles. The van der Waals surface area contributed by atoms with Crippen LogP contribution < -0.4 is 0 Å². The molecule has 0 unspecified atom stereocenters. The molecule has 1 aromatic carbocycles. The second-order valence-corrected chi connectivity index (χ2v) is 5.25. The van der Waals surface area contributed by atoms with E-state index in [9.17, 15) is 4.79 Å². The first-order valence-electron chi connectivity index (χ1n) is 4.74. The Hall–Kier alpha value is -1.14. The van der Waals surface area contributed by atoms with Crippen LogP contribution in [0.1, 0.15) is 16.2 Å². The second kappa shape index (κ2) is 4.62. The molecule has 2 rings (SSSR count). The Kier molecular flexibility index (Phi) is 3.35. The van der Waals surface area contributed by atoms with E-state index in [2.05, 4.69) is 37.0 Å². The molecule has 0 amide bonds. The number of benzene rings is 1. The normalized spacial score (nSPS) is 10.5. The molecule has 0 bridgehead atoms. The number of hydrogen-bond donors (Lipinski definition) is 1. The number of carboxylic acids is 1. The van der Waals surface area contributed by atoms with Gasteiger partial charge in [-0.1, -0.05) is 15.9 Å². The van der Waals surface area contributed by atoms with Crippen LogP contribution in [-0.2, 0) is 0 Å². The number of aryl methyl sites for hydroxylation is 1. The van der Waals surface area contributed by atoms with Gasteiger partial charge < -0.3 is 5.11 Å². The van der Waals surface area contributed by atoms with Crippen molar-refractivity contribution >= 4 is 37.8 Å². The summed E-state index contributed by atoms with van der Waals surface area (Å²) in [6, 6.07) is 7.16. The number of carbonyl (C=O) groups is 1. The smallest absolute Gasteiger partial charge is 0.356 e. The number of aromatic nitrogens is 2. The molecule has 0 aliphatic carbocycles. The molecule has 88 valence electrons. The SMILES string of the molecule is Cc1cc(C(=O)O)nn1-c1ccc(Br)cc1Br. The number of halogens is 2. The van der Waals surface area contributed by atoms with E-state index in [0.717, 1.165) is 20.3 Å². The summed E-state index contributed by atoms with van der Waals surface area (Å²) in [5.41, 5.74) is 1.61. The Morgan fingerprint density at radius 1 is 1.35 bits per heavy atom. The molecule has 1 N–H and O–H groups in total. The highest BCUT2D eigenvalue weighted by molar-refractivity contribution is 9.11. The summed E-state index contributed by atoms with van der Waals surface area (Å²) in [5.74, 6) is -1.03. The number of rotatable bonds is 2. The molecule has 17 heavy (non-hydrogen) atoms. The number of hydrogen-bond acceptors (Lipinski definition) is 2. The van der Waals surface area contributed by atoms with E-state index in [1.165, 1.54) is 6.07 Å². The Morgan fingerprint density at radius 2 is 2.06 bits per heavy atom. The maximum Gasteiger partial charge on any atom is 0.356 e. The van der Waals surface area contributed by atoms with Crippen molar-refractivity contribution in [1.29, 1.82) is 0 Å². The van der Waals surface area contributed by atoms with Crippen molar-refractivity contribution in [3.63, 3.8) is 0 Å². The lowest BCUT2D eigenvalue weighted by atomic mass is 10.3. The molecule has 1 aromatic heterocycles. The van der Waals surface area contributed by atoms with Gasteiger partial charge in [0.1, 0.15) is 0 Å². The maximum atomic E-state index is 10.8. The van der Waals surface area contributed by atoms with Crippen LogP contribution in [0.2, 0.25) is 0 Å². The summed E-state index contributed by atoms with van der Waals surface area (Å²) < 4.78 is 3.38. The van der Waals surface area contributed by atoms with Gasteiger partial charge in [-0.2, -0.15) is 5.10 Å². The fourth-order valence-corrected chi connectivity index (χ4v) is 2.69. The predicted octanol–water partition coefficient (Wildman–Crippen LogP) is 3.40. The van der Waals surface area contributed by atoms with Gasteiger partial charge in [0.05, 0.1) is 5.69 Å². The monoisotopic (exact) mass is 358 g/mol. The Bertz CT molecular complexity index is 593. The standard InChI is InChI=1S/C11H8Br2N2O2/c1-6-4-9(11(16)17)14-15(6)10-3-2-7(12)5-8(10)13/h2-5H,1H3,(H,16,17). The largest absolute Gasteiger partial charge is 0.476 e. The summed E-state index contributed by atoms with van der Waals surface area (Å²) in [7, 11) is 0. The van der Waals surface area contributed by atoms with Crippen LogP contribution in [0.4, 0.5) is 0 Å². The van der Waals surface area contributed by atoms with Gasteiger partial charge in [-0.05, 0) is 47.1 Å². The molecule has 0 atom stereocenters. The molecule has 1 heterocycles. The highest BCUT2D eigenvalue weighted by Gasteiger charge is 2.13. The molecule has 0 fully saturated rings. The fraction of sp³-hybridized carbons (Fsp3) is 0.0909. The molecule has 0 spiro atoms. The third-order valence-corrected chi connectivity index (χ3v) is 3.37. The van der Waals surface area contributed by atoms with Crippen LogP contribution >= 0.6 is 31.9 Å². The third-order valence-electron chi connectivity index (χ3n) is 2.24. The summed E-state index contributed by atoms with van der Waals surface area (Å²) in [5, 5.41) is 12.9.